The van der Waals surface area contributed by atoms with E-state index < -0.39 is 0 Å². The first-order chi connectivity index (χ1) is 11.0. The molecule has 23 heavy (non-hydrogen) atoms. The molecule has 3 saturated carbocycles. The third-order valence-electron chi connectivity index (χ3n) is 8.62. The first kappa shape index (κ1) is 16.4. The zero-order valence-electron chi connectivity index (χ0n) is 14.7. The van der Waals surface area contributed by atoms with E-state index in [1.807, 2.05) is 6.08 Å². The average molecular weight is 379 g/mol. The molecule has 128 valence electrons. The maximum absolute atomic E-state index is 11.9. The summed E-state index contributed by atoms with van der Waals surface area (Å²) in [6.07, 6.45) is 13.6. The van der Waals surface area contributed by atoms with E-state index in [4.69, 9.17) is 0 Å². The van der Waals surface area contributed by atoms with Gasteiger partial charge in [-0.3, -0.25) is 4.79 Å². The number of hydrogen-bond donors (Lipinski definition) is 0. The summed E-state index contributed by atoms with van der Waals surface area (Å²) in [4.78, 5) is 11.9. The van der Waals surface area contributed by atoms with Gasteiger partial charge in [-0.15, -0.1) is 0 Å². The van der Waals surface area contributed by atoms with Crippen molar-refractivity contribution < 1.29 is 4.79 Å². The van der Waals surface area contributed by atoms with Crippen LogP contribution in [0.1, 0.15) is 71.6 Å². The molecule has 0 N–H and O–H groups in total. The van der Waals surface area contributed by atoms with Crippen LogP contribution in [0, 0.1) is 34.5 Å². The maximum Gasteiger partial charge on any atom is 0.155 e. The summed E-state index contributed by atoms with van der Waals surface area (Å²) in [5.74, 6) is 4.03. The van der Waals surface area contributed by atoms with Crippen molar-refractivity contribution in [2.75, 3.05) is 5.33 Å². The molecule has 0 aromatic rings. The van der Waals surface area contributed by atoms with Gasteiger partial charge >= 0.3 is 0 Å². The lowest BCUT2D eigenvalue weighted by atomic mass is 9.47. The summed E-state index contributed by atoms with van der Waals surface area (Å²) in [6, 6.07) is 0. The van der Waals surface area contributed by atoms with Crippen LogP contribution < -0.4 is 0 Å². The second-order valence-electron chi connectivity index (χ2n) is 9.27. The molecule has 6 unspecified atom stereocenters. The Balaban J connectivity index is 1.63. The molecule has 0 heterocycles. The minimum absolute atomic E-state index is 0.339. The van der Waals surface area contributed by atoms with Gasteiger partial charge in [0.1, 0.15) is 0 Å². The highest BCUT2D eigenvalue weighted by Crippen LogP contribution is 2.66. The summed E-state index contributed by atoms with van der Waals surface area (Å²) >= 11 is 3.69. The molecule has 0 saturated heterocycles. The summed E-state index contributed by atoms with van der Waals surface area (Å²) < 4.78 is 0. The molecule has 4 rings (SSSR count). The van der Waals surface area contributed by atoms with E-state index in [0.717, 1.165) is 36.5 Å². The lowest BCUT2D eigenvalue weighted by molar-refractivity contribution is -0.117. The van der Waals surface area contributed by atoms with Gasteiger partial charge in [0, 0.05) is 11.8 Å². The first-order valence-corrected chi connectivity index (χ1v) is 10.9. The predicted molar refractivity (Wildman–Crippen MR) is 98.6 cm³/mol. The number of carbonyl (C=O) groups is 1. The van der Waals surface area contributed by atoms with E-state index in [1.54, 1.807) is 0 Å². The van der Waals surface area contributed by atoms with Crippen molar-refractivity contribution in [3.8, 4) is 0 Å². The van der Waals surface area contributed by atoms with Crippen LogP contribution in [0.15, 0.2) is 11.6 Å². The minimum Gasteiger partial charge on any atom is -0.295 e. The molecule has 0 aliphatic heterocycles. The highest BCUT2D eigenvalue weighted by Gasteiger charge is 2.58. The molecule has 0 aromatic heterocycles. The Hall–Kier alpha value is -0.110. The lowest BCUT2D eigenvalue weighted by Gasteiger charge is -2.58. The van der Waals surface area contributed by atoms with Crippen molar-refractivity contribution >= 4 is 21.7 Å². The number of rotatable bonds is 2. The Kier molecular flexibility index (Phi) is 4.06. The van der Waals surface area contributed by atoms with Gasteiger partial charge in [0.2, 0.25) is 0 Å². The SMILES string of the molecule is CC12CCC(=O)C=C1CCC1C2CCC2(C)C(CCBr)CCC12. The van der Waals surface area contributed by atoms with Crippen molar-refractivity contribution in [3.63, 3.8) is 0 Å². The number of hydrogen-bond acceptors (Lipinski definition) is 1. The number of halogens is 1. The van der Waals surface area contributed by atoms with Crippen molar-refractivity contribution in [1.82, 2.24) is 0 Å². The van der Waals surface area contributed by atoms with E-state index in [9.17, 15) is 4.79 Å². The third-order valence-corrected chi connectivity index (χ3v) is 9.07. The number of carbonyl (C=O) groups excluding carboxylic acids is 1. The van der Waals surface area contributed by atoms with Crippen LogP contribution in [0.5, 0.6) is 0 Å². The number of fused-ring (bicyclic) bond motifs is 5. The molecule has 0 spiro atoms. The summed E-state index contributed by atoms with van der Waals surface area (Å²) in [6.45, 7) is 5.11. The second kappa shape index (κ2) is 5.71. The van der Waals surface area contributed by atoms with Crippen molar-refractivity contribution in [1.29, 1.82) is 0 Å². The Bertz CT molecular complexity index is 538. The standard InChI is InChI=1S/C21H31BrO/c1-20-11-8-19-17(18(20)6-4-14(20)9-12-22)5-3-15-13-16(23)7-10-21(15,19)2/h13-14,17-19H,3-12H2,1-2H3. The van der Waals surface area contributed by atoms with E-state index >= 15 is 0 Å². The van der Waals surface area contributed by atoms with Gasteiger partial charge in [-0.05, 0) is 91.9 Å². The largest absolute Gasteiger partial charge is 0.295 e. The highest BCUT2D eigenvalue weighted by molar-refractivity contribution is 9.09. The van der Waals surface area contributed by atoms with Gasteiger partial charge < -0.3 is 0 Å². The van der Waals surface area contributed by atoms with E-state index in [0.29, 0.717) is 16.6 Å². The summed E-state index contributed by atoms with van der Waals surface area (Å²) in [5, 5.41) is 1.17. The molecule has 0 radical (unpaired) electrons. The van der Waals surface area contributed by atoms with Crippen LogP contribution in [0.25, 0.3) is 0 Å². The third kappa shape index (κ3) is 2.34. The molecular weight excluding hydrogens is 348 g/mol. The fraction of sp³-hybridized carbons (Fsp3) is 0.857. The monoisotopic (exact) mass is 378 g/mol. The molecule has 4 aliphatic carbocycles. The van der Waals surface area contributed by atoms with Crippen LogP contribution in [-0.4, -0.2) is 11.1 Å². The topological polar surface area (TPSA) is 17.1 Å². The molecule has 3 fully saturated rings. The van der Waals surface area contributed by atoms with E-state index in [1.165, 1.54) is 55.8 Å². The summed E-state index contributed by atoms with van der Waals surface area (Å²) in [5.41, 5.74) is 2.44. The van der Waals surface area contributed by atoms with Crippen LogP contribution in [0.4, 0.5) is 0 Å². The Morgan fingerprint density at radius 3 is 2.70 bits per heavy atom. The number of alkyl halides is 1. The van der Waals surface area contributed by atoms with Gasteiger partial charge in [0.25, 0.3) is 0 Å². The fourth-order valence-corrected chi connectivity index (χ4v) is 7.83. The molecule has 0 bridgehead atoms. The molecule has 0 aromatic carbocycles. The molecule has 1 nitrogen and oxygen atoms in total. The Morgan fingerprint density at radius 1 is 1.09 bits per heavy atom. The normalized spacial score (nSPS) is 49.2. The van der Waals surface area contributed by atoms with Gasteiger partial charge in [-0.2, -0.15) is 0 Å². The van der Waals surface area contributed by atoms with Gasteiger partial charge in [0.15, 0.2) is 5.78 Å². The van der Waals surface area contributed by atoms with Crippen LogP contribution in [0.2, 0.25) is 0 Å². The highest BCUT2D eigenvalue weighted by atomic mass is 79.9. The van der Waals surface area contributed by atoms with Crippen LogP contribution >= 0.6 is 15.9 Å². The summed E-state index contributed by atoms with van der Waals surface area (Å²) in [7, 11) is 0. The van der Waals surface area contributed by atoms with Crippen molar-refractivity contribution in [3.05, 3.63) is 11.6 Å². The van der Waals surface area contributed by atoms with Crippen molar-refractivity contribution in [2.24, 2.45) is 34.5 Å². The van der Waals surface area contributed by atoms with Crippen LogP contribution in [0.3, 0.4) is 0 Å². The Labute approximate surface area is 149 Å². The molecule has 4 aliphatic rings. The maximum atomic E-state index is 11.9. The lowest BCUT2D eigenvalue weighted by Crippen LogP contribution is -2.50. The Morgan fingerprint density at radius 2 is 1.91 bits per heavy atom. The first-order valence-electron chi connectivity index (χ1n) is 9.79. The number of allylic oxidation sites excluding steroid dienone is 1. The molecule has 0 amide bonds. The molecule has 2 heteroatoms. The number of ketones is 1. The van der Waals surface area contributed by atoms with E-state index in [-0.39, 0.29) is 0 Å². The van der Waals surface area contributed by atoms with Gasteiger partial charge in [-0.25, -0.2) is 0 Å². The van der Waals surface area contributed by atoms with Crippen molar-refractivity contribution in [2.45, 2.75) is 71.6 Å². The second-order valence-corrected chi connectivity index (χ2v) is 10.1. The zero-order chi connectivity index (χ0) is 16.2. The fourth-order valence-electron chi connectivity index (χ4n) is 7.27. The molecule has 6 atom stereocenters. The minimum atomic E-state index is 0.339. The van der Waals surface area contributed by atoms with Crippen LogP contribution in [-0.2, 0) is 4.79 Å². The zero-order valence-corrected chi connectivity index (χ0v) is 16.3. The quantitative estimate of drug-likeness (QED) is 0.545. The average Bonchev–Trinajstić information content (AvgIpc) is 2.85. The van der Waals surface area contributed by atoms with Gasteiger partial charge in [0.05, 0.1) is 0 Å². The van der Waals surface area contributed by atoms with Gasteiger partial charge in [-0.1, -0.05) is 35.4 Å². The molecular formula is C21H31BrO. The smallest absolute Gasteiger partial charge is 0.155 e. The predicted octanol–water partition coefficient (Wildman–Crippen LogP) is 5.92. The van der Waals surface area contributed by atoms with E-state index in [2.05, 4.69) is 29.8 Å².